The molecular formula is C26H23F3N6O2S3. The number of amides is 1. The molecule has 14 heteroatoms. The Labute approximate surface area is 238 Å². The number of hydrogen-bond acceptors (Lipinski definition) is 9. The molecule has 1 saturated carbocycles. The van der Waals surface area contributed by atoms with Crippen molar-refractivity contribution in [1.82, 2.24) is 19.4 Å². The Bertz CT molecular complexity index is 1770. The minimum Gasteiger partial charge on any atom is -0.375 e. The number of benzene rings is 1. The molecule has 0 radical (unpaired) electrons. The summed E-state index contributed by atoms with van der Waals surface area (Å²) in [4.78, 5) is 38.8. The number of nitrogens with zero attached hydrogens (tertiary/aromatic N) is 5. The Morgan fingerprint density at radius 1 is 1.18 bits per heavy atom. The highest BCUT2D eigenvalue weighted by atomic mass is 32.2. The van der Waals surface area contributed by atoms with Gasteiger partial charge in [0.05, 0.1) is 26.7 Å². The number of piperazine rings is 1. The van der Waals surface area contributed by atoms with E-state index >= 15 is 0 Å². The Morgan fingerprint density at radius 3 is 2.60 bits per heavy atom. The number of fused-ring (bicyclic) bond motifs is 1. The first kappa shape index (κ1) is 25.8. The van der Waals surface area contributed by atoms with E-state index in [0.29, 0.717) is 69.2 Å². The third-order valence-corrected chi connectivity index (χ3v) is 11.0. The first-order valence-electron chi connectivity index (χ1n) is 12.8. The third kappa shape index (κ3) is 4.02. The second kappa shape index (κ2) is 9.21. The number of rotatable bonds is 4. The highest BCUT2D eigenvalue weighted by molar-refractivity contribution is 7.99. The molecule has 1 saturated heterocycles. The minimum absolute atomic E-state index is 0.0521. The number of nitrogen functional groups attached to an aromatic ring is 1. The van der Waals surface area contributed by atoms with Crippen molar-refractivity contribution in [3.05, 3.63) is 40.1 Å². The Morgan fingerprint density at radius 2 is 1.93 bits per heavy atom. The Hall–Kier alpha value is -3.10. The number of thiazole rings is 1. The van der Waals surface area contributed by atoms with Crippen LogP contribution in [0.5, 0.6) is 0 Å². The fourth-order valence-corrected chi connectivity index (χ4v) is 9.24. The molecule has 40 heavy (non-hydrogen) atoms. The summed E-state index contributed by atoms with van der Waals surface area (Å²) >= 11 is 3.83. The van der Waals surface area contributed by atoms with E-state index in [0.717, 1.165) is 23.6 Å². The zero-order chi connectivity index (χ0) is 27.9. The monoisotopic (exact) mass is 604 g/mol. The third-order valence-electron chi connectivity index (χ3n) is 7.81. The van der Waals surface area contributed by atoms with E-state index in [9.17, 15) is 22.8 Å². The van der Waals surface area contributed by atoms with Gasteiger partial charge in [0.1, 0.15) is 11.3 Å². The molecule has 3 aliphatic rings. The SMILES string of the molecule is C=CC(=O)N1CCN(c2nc(=O)n3c4c(c(-c5scc6sc(N)nc56)c(C(F)(F)F)cc24)SCC3C2CC2)CC1. The number of halogens is 3. The maximum absolute atomic E-state index is 14.9. The van der Waals surface area contributed by atoms with Gasteiger partial charge in [-0.3, -0.25) is 9.36 Å². The van der Waals surface area contributed by atoms with Gasteiger partial charge in [0.15, 0.2) is 5.13 Å². The summed E-state index contributed by atoms with van der Waals surface area (Å²) < 4.78 is 46.9. The molecule has 1 unspecified atom stereocenters. The molecule has 5 heterocycles. The highest BCUT2D eigenvalue weighted by Gasteiger charge is 2.43. The van der Waals surface area contributed by atoms with Gasteiger partial charge in [0.2, 0.25) is 5.91 Å². The van der Waals surface area contributed by atoms with Crippen molar-refractivity contribution in [2.75, 3.05) is 42.6 Å². The fourth-order valence-electron chi connectivity index (χ4n) is 5.77. The molecule has 3 aromatic heterocycles. The van der Waals surface area contributed by atoms with Gasteiger partial charge >= 0.3 is 11.9 Å². The first-order chi connectivity index (χ1) is 19.2. The minimum atomic E-state index is -4.67. The molecule has 1 aliphatic carbocycles. The fraction of sp³-hybridized carbons (Fsp3) is 0.385. The van der Waals surface area contributed by atoms with E-state index in [2.05, 4.69) is 16.5 Å². The first-order valence-corrected chi connectivity index (χ1v) is 15.5. The molecule has 2 fully saturated rings. The van der Waals surface area contributed by atoms with Crippen LogP contribution in [0.2, 0.25) is 0 Å². The van der Waals surface area contributed by atoms with Gasteiger partial charge in [-0.2, -0.15) is 18.2 Å². The average molecular weight is 605 g/mol. The molecule has 1 atom stereocenters. The molecule has 0 spiro atoms. The lowest BCUT2D eigenvalue weighted by atomic mass is 9.99. The summed E-state index contributed by atoms with van der Waals surface area (Å²) in [6, 6.07) is 1.03. The van der Waals surface area contributed by atoms with Crippen LogP contribution >= 0.6 is 34.4 Å². The second-order valence-electron chi connectivity index (χ2n) is 10.2. The summed E-state index contributed by atoms with van der Waals surface area (Å²) in [5, 5.41) is 2.38. The largest absolute Gasteiger partial charge is 0.417 e. The zero-order valence-electron chi connectivity index (χ0n) is 21.0. The van der Waals surface area contributed by atoms with Crippen LogP contribution in [0.25, 0.3) is 31.6 Å². The normalized spacial score (nSPS) is 19.5. The molecule has 2 aliphatic heterocycles. The molecular weight excluding hydrogens is 582 g/mol. The van der Waals surface area contributed by atoms with Crippen molar-refractivity contribution in [1.29, 1.82) is 0 Å². The van der Waals surface area contributed by atoms with Gasteiger partial charge in [-0.05, 0) is 30.9 Å². The lowest BCUT2D eigenvalue weighted by Gasteiger charge is -2.37. The second-order valence-corrected chi connectivity index (χ2v) is 13.1. The number of thioether (sulfide) groups is 1. The summed E-state index contributed by atoms with van der Waals surface area (Å²) in [6.07, 6.45) is -1.47. The van der Waals surface area contributed by atoms with Crippen molar-refractivity contribution < 1.29 is 18.0 Å². The van der Waals surface area contributed by atoms with Crippen LogP contribution in [0.4, 0.5) is 24.1 Å². The van der Waals surface area contributed by atoms with E-state index in [1.165, 1.54) is 40.5 Å². The molecule has 2 N–H and O–H groups in total. The maximum atomic E-state index is 14.9. The van der Waals surface area contributed by atoms with E-state index in [1.54, 1.807) is 14.8 Å². The number of hydrogen-bond donors (Lipinski definition) is 1. The van der Waals surface area contributed by atoms with E-state index in [4.69, 9.17) is 5.73 Å². The molecule has 0 bridgehead atoms. The number of anilines is 2. The van der Waals surface area contributed by atoms with E-state index in [-0.39, 0.29) is 23.3 Å². The van der Waals surface area contributed by atoms with Gasteiger partial charge in [-0.1, -0.05) is 17.9 Å². The smallest absolute Gasteiger partial charge is 0.375 e. The summed E-state index contributed by atoms with van der Waals surface area (Å²) in [7, 11) is 0. The lowest BCUT2D eigenvalue weighted by Crippen LogP contribution is -2.49. The Kier molecular flexibility index (Phi) is 5.95. The average Bonchev–Trinajstić information content (AvgIpc) is 3.62. The van der Waals surface area contributed by atoms with Crippen LogP contribution in [-0.2, 0) is 11.0 Å². The lowest BCUT2D eigenvalue weighted by molar-refractivity contribution is -0.137. The number of alkyl halides is 3. The molecule has 1 amide bonds. The predicted octanol–water partition coefficient (Wildman–Crippen LogP) is 5.23. The number of carbonyl (C=O) groups excluding carboxylic acids is 1. The quantitative estimate of drug-likeness (QED) is 0.319. The van der Waals surface area contributed by atoms with Gasteiger partial charge < -0.3 is 15.5 Å². The van der Waals surface area contributed by atoms with Crippen LogP contribution in [0.1, 0.15) is 24.4 Å². The number of aromatic nitrogens is 3. The van der Waals surface area contributed by atoms with Gasteiger partial charge in [-0.25, -0.2) is 9.78 Å². The molecule has 1 aromatic carbocycles. The molecule has 4 aromatic rings. The van der Waals surface area contributed by atoms with Crippen LogP contribution in [0.15, 0.2) is 33.8 Å². The summed E-state index contributed by atoms with van der Waals surface area (Å²) in [5.74, 6) is 0.826. The van der Waals surface area contributed by atoms with Crippen molar-refractivity contribution in [3.8, 4) is 10.4 Å². The van der Waals surface area contributed by atoms with Crippen LogP contribution < -0.4 is 16.3 Å². The van der Waals surface area contributed by atoms with Crippen molar-refractivity contribution in [2.24, 2.45) is 5.92 Å². The molecule has 7 rings (SSSR count). The van der Waals surface area contributed by atoms with Gasteiger partial charge in [0, 0.05) is 53.2 Å². The van der Waals surface area contributed by atoms with Crippen molar-refractivity contribution in [2.45, 2.75) is 30.0 Å². The van der Waals surface area contributed by atoms with Gasteiger partial charge in [-0.15, -0.1) is 23.1 Å². The van der Waals surface area contributed by atoms with Crippen molar-refractivity contribution in [3.63, 3.8) is 0 Å². The zero-order valence-corrected chi connectivity index (χ0v) is 23.5. The molecule has 8 nitrogen and oxygen atoms in total. The van der Waals surface area contributed by atoms with E-state index < -0.39 is 17.4 Å². The molecule has 208 valence electrons. The maximum Gasteiger partial charge on any atom is 0.417 e. The number of carbonyl (C=O) groups is 1. The van der Waals surface area contributed by atoms with Crippen LogP contribution in [0.3, 0.4) is 0 Å². The number of thiophene rings is 1. The highest BCUT2D eigenvalue weighted by Crippen LogP contribution is 2.55. The standard InChI is InChI=1S/C26H23F3N6O2S3/c1-2-17(36)33-5-7-34(8-6-33)23-13-9-14(26(27,28)29)18(21-19-16(11-39-21)40-24(30)31-19)22-20(13)35(25(37)32-23)15(10-38-22)12-3-4-12/h2,9,11-12,15H,1,3-8,10H2,(H2,30,31). The summed E-state index contributed by atoms with van der Waals surface area (Å²) in [5.41, 5.74) is 5.68. The van der Waals surface area contributed by atoms with Crippen LogP contribution in [0, 0.1) is 5.92 Å². The van der Waals surface area contributed by atoms with Gasteiger partial charge in [0.25, 0.3) is 0 Å². The number of nitrogens with two attached hydrogens (primary N) is 1. The van der Waals surface area contributed by atoms with Crippen molar-refractivity contribution >= 4 is 72.4 Å². The Balaban J connectivity index is 1.50. The van der Waals surface area contributed by atoms with E-state index in [1.807, 2.05) is 4.90 Å². The predicted molar refractivity (Wildman–Crippen MR) is 153 cm³/mol. The summed E-state index contributed by atoms with van der Waals surface area (Å²) in [6.45, 7) is 4.92. The van der Waals surface area contributed by atoms with Crippen LogP contribution in [-0.4, -0.2) is 57.3 Å². The topological polar surface area (TPSA) is 97.4 Å².